The number of methoxy groups -OCH3 is 2. The summed E-state index contributed by atoms with van der Waals surface area (Å²) < 4.78 is 27.5. The molecular weight excluding hydrogens is 438 g/mol. The van der Waals surface area contributed by atoms with E-state index in [1.54, 1.807) is 48.0 Å². The third-order valence-corrected chi connectivity index (χ3v) is 5.57. The van der Waals surface area contributed by atoms with Crippen LogP contribution in [0.25, 0.3) is 0 Å². The molecule has 0 aromatic heterocycles. The Morgan fingerprint density at radius 1 is 1.15 bits per heavy atom. The van der Waals surface area contributed by atoms with Gasteiger partial charge in [0.15, 0.2) is 11.5 Å². The zero-order valence-corrected chi connectivity index (χ0v) is 21.5. The Hall–Kier alpha value is -2.74. The first kappa shape index (κ1) is 27.5. The molecule has 0 bridgehead atoms. The number of nitrogens with zero attached hydrogens (tertiary/aromatic N) is 1. The second-order valence-electron chi connectivity index (χ2n) is 9.39. The number of esters is 1. The molecule has 1 aliphatic heterocycles. The van der Waals surface area contributed by atoms with Gasteiger partial charge >= 0.3 is 12.1 Å². The highest BCUT2D eigenvalue weighted by molar-refractivity contribution is 5.83. The van der Waals surface area contributed by atoms with Gasteiger partial charge in [0, 0.05) is 26.1 Å². The lowest BCUT2D eigenvalue weighted by Crippen LogP contribution is -2.45. The lowest BCUT2D eigenvalue weighted by Gasteiger charge is -2.33. The highest BCUT2D eigenvalue weighted by Crippen LogP contribution is 2.47. The van der Waals surface area contributed by atoms with Crippen molar-refractivity contribution in [2.75, 3.05) is 34.0 Å². The van der Waals surface area contributed by atoms with E-state index in [-0.39, 0.29) is 12.5 Å². The Labute approximate surface area is 203 Å². The predicted octanol–water partition coefficient (Wildman–Crippen LogP) is 4.92. The van der Waals surface area contributed by atoms with E-state index in [4.69, 9.17) is 23.7 Å². The Balaban J connectivity index is 2.52. The average molecular weight is 478 g/mol. The van der Waals surface area contributed by atoms with Crippen LogP contribution in [0.5, 0.6) is 11.5 Å². The Morgan fingerprint density at radius 3 is 2.41 bits per heavy atom. The maximum Gasteiger partial charge on any atom is 0.411 e. The summed E-state index contributed by atoms with van der Waals surface area (Å²) in [4.78, 5) is 27.8. The molecule has 0 saturated carbocycles. The van der Waals surface area contributed by atoms with Gasteiger partial charge in [0.25, 0.3) is 0 Å². The summed E-state index contributed by atoms with van der Waals surface area (Å²) in [5, 5.41) is 0. The smallest absolute Gasteiger partial charge is 0.411 e. The SMILES string of the molecule is C=C(C)[C@H]1C[C@@H](C(=O)OCC)N(C(=O)OC(C)(C)C)[C@H]1c1ccc(OC)c(OCCCOC)c1. The highest BCUT2D eigenvalue weighted by Gasteiger charge is 2.50. The van der Waals surface area contributed by atoms with Crippen LogP contribution in [0.1, 0.15) is 59.1 Å². The van der Waals surface area contributed by atoms with Crippen LogP contribution >= 0.6 is 0 Å². The number of hydrogen-bond donors (Lipinski definition) is 0. The van der Waals surface area contributed by atoms with Gasteiger partial charge in [-0.1, -0.05) is 18.2 Å². The molecule has 3 atom stereocenters. The third kappa shape index (κ3) is 6.88. The van der Waals surface area contributed by atoms with E-state index < -0.39 is 29.7 Å². The summed E-state index contributed by atoms with van der Waals surface area (Å²) in [6, 6.07) is 4.29. The van der Waals surface area contributed by atoms with Crippen LogP contribution in [0.15, 0.2) is 30.4 Å². The summed E-state index contributed by atoms with van der Waals surface area (Å²) >= 11 is 0. The standard InChI is InChI=1S/C26H39NO7/c1-9-32-24(28)20-16-19(17(2)3)23(27(20)25(29)34-26(4,5)6)18-11-12-21(31-8)22(15-18)33-14-10-13-30-7/h11-12,15,19-20,23H,2,9-10,13-14,16H2,1,3-8H3/t19-,20+,23+/m1/s1. The van der Waals surface area contributed by atoms with E-state index in [1.165, 1.54) is 4.90 Å². The molecule has 0 radical (unpaired) electrons. The van der Waals surface area contributed by atoms with Crippen LogP contribution in [0, 0.1) is 5.92 Å². The maximum absolute atomic E-state index is 13.4. The van der Waals surface area contributed by atoms with E-state index in [0.717, 1.165) is 17.6 Å². The first-order valence-corrected chi connectivity index (χ1v) is 11.7. The number of carbonyl (C=O) groups excluding carboxylic acids is 2. The lowest BCUT2D eigenvalue weighted by atomic mass is 9.88. The van der Waals surface area contributed by atoms with Gasteiger partial charge < -0.3 is 23.7 Å². The van der Waals surface area contributed by atoms with Gasteiger partial charge in [-0.15, -0.1) is 0 Å². The van der Waals surface area contributed by atoms with Crippen molar-refractivity contribution in [2.45, 2.75) is 65.1 Å². The van der Waals surface area contributed by atoms with E-state index in [2.05, 4.69) is 6.58 Å². The lowest BCUT2D eigenvalue weighted by molar-refractivity contribution is -0.148. The van der Waals surface area contributed by atoms with Crippen LogP contribution in [-0.4, -0.2) is 62.6 Å². The average Bonchev–Trinajstić information content (AvgIpc) is 3.17. The second kappa shape index (κ2) is 12.1. The van der Waals surface area contributed by atoms with Crippen molar-refractivity contribution in [3.05, 3.63) is 35.9 Å². The molecule has 34 heavy (non-hydrogen) atoms. The van der Waals surface area contributed by atoms with E-state index in [9.17, 15) is 9.59 Å². The van der Waals surface area contributed by atoms with Gasteiger partial charge in [-0.25, -0.2) is 9.59 Å². The number of hydrogen-bond acceptors (Lipinski definition) is 7. The van der Waals surface area contributed by atoms with Crippen molar-refractivity contribution in [1.82, 2.24) is 4.90 Å². The number of likely N-dealkylation sites (tertiary alicyclic amines) is 1. The molecule has 0 unspecified atom stereocenters. The Morgan fingerprint density at radius 2 is 1.85 bits per heavy atom. The molecule has 1 aliphatic rings. The number of rotatable bonds is 10. The molecular formula is C26H39NO7. The normalized spacial score (nSPS) is 20.1. The van der Waals surface area contributed by atoms with Crippen LogP contribution < -0.4 is 9.47 Å². The minimum absolute atomic E-state index is 0.170. The molecule has 1 amide bonds. The van der Waals surface area contributed by atoms with Gasteiger partial charge in [0.2, 0.25) is 0 Å². The first-order valence-electron chi connectivity index (χ1n) is 11.7. The molecule has 8 nitrogen and oxygen atoms in total. The van der Waals surface area contributed by atoms with Crippen molar-refractivity contribution >= 4 is 12.1 Å². The zero-order chi connectivity index (χ0) is 25.5. The fourth-order valence-corrected chi connectivity index (χ4v) is 4.11. The van der Waals surface area contributed by atoms with Gasteiger partial charge in [-0.3, -0.25) is 4.90 Å². The maximum atomic E-state index is 13.4. The molecule has 1 saturated heterocycles. The molecule has 2 rings (SSSR count). The third-order valence-electron chi connectivity index (χ3n) is 5.57. The quantitative estimate of drug-likeness (QED) is 0.269. The number of benzene rings is 1. The number of amides is 1. The van der Waals surface area contributed by atoms with Crippen LogP contribution in [0.3, 0.4) is 0 Å². The fourth-order valence-electron chi connectivity index (χ4n) is 4.11. The molecule has 1 aromatic rings. The summed E-state index contributed by atoms with van der Waals surface area (Å²) in [6.07, 6.45) is 0.544. The Bertz CT molecular complexity index is 861. The molecule has 1 heterocycles. The molecule has 0 aliphatic carbocycles. The molecule has 0 N–H and O–H groups in total. The monoisotopic (exact) mass is 477 g/mol. The zero-order valence-electron chi connectivity index (χ0n) is 21.5. The van der Waals surface area contributed by atoms with Gasteiger partial charge in [-0.05, 0) is 58.7 Å². The fraction of sp³-hybridized carbons (Fsp3) is 0.615. The molecule has 0 spiro atoms. The summed E-state index contributed by atoms with van der Waals surface area (Å²) in [5.41, 5.74) is 0.939. The van der Waals surface area contributed by atoms with E-state index in [1.807, 2.05) is 19.1 Å². The minimum atomic E-state index is -0.783. The largest absolute Gasteiger partial charge is 0.493 e. The Kier molecular flexibility index (Phi) is 9.79. The van der Waals surface area contributed by atoms with Gasteiger partial charge in [0.1, 0.15) is 11.6 Å². The van der Waals surface area contributed by atoms with Crippen LogP contribution in [0.2, 0.25) is 0 Å². The number of ether oxygens (including phenoxy) is 5. The summed E-state index contributed by atoms with van der Waals surface area (Å²) in [6.45, 7) is 14.4. The van der Waals surface area contributed by atoms with Crippen molar-refractivity contribution < 1.29 is 33.3 Å². The molecule has 8 heteroatoms. The van der Waals surface area contributed by atoms with Crippen molar-refractivity contribution in [1.29, 1.82) is 0 Å². The van der Waals surface area contributed by atoms with Crippen molar-refractivity contribution in [2.24, 2.45) is 5.92 Å². The highest BCUT2D eigenvalue weighted by atomic mass is 16.6. The van der Waals surface area contributed by atoms with Crippen molar-refractivity contribution in [3.63, 3.8) is 0 Å². The predicted molar refractivity (Wildman–Crippen MR) is 129 cm³/mol. The van der Waals surface area contributed by atoms with Gasteiger partial charge in [0.05, 0.1) is 26.4 Å². The second-order valence-corrected chi connectivity index (χ2v) is 9.39. The van der Waals surface area contributed by atoms with E-state index >= 15 is 0 Å². The minimum Gasteiger partial charge on any atom is -0.493 e. The number of carbonyl (C=O) groups is 2. The van der Waals surface area contributed by atoms with E-state index in [0.29, 0.717) is 31.1 Å². The van der Waals surface area contributed by atoms with Crippen LogP contribution in [-0.2, 0) is 19.0 Å². The first-order chi connectivity index (χ1) is 16.0. The summed E-state index contributed by atoms with van der Waals surface area (Å²) in [7, 11) is 3.22. The van der Waals surface area contributed by atoms with Crippen molar-refractivity contribution in [3.8, 4) is 11.5 Å². The molecule has 1 aromatic carbocycles. The van der Waals surface area contributed by atoms with Gasteiger partial charge in [-0.2, -0.15) is 0 Å². The van der Waals surface area contributed by atoms with Crippen LogP contribution in [0.4, 0.5) is 4.79 Å². The summed E-state index contributed by atoms with van der Waals surface area (Å²) in [5.74, 6) is 0.514. The molecule has 190 valence electrons. The molecule has 1 fully saturated rings. The topological polar surface area (TPSA) is 83.5 Å².